The van der Waals surface area contributed by atoms with E-state index in [2.05, 4.69) is 15.3 Å². The zero-order valence-corrected chi connectivity index (χ0v) is 13.3. The summed E-state index contributed by atoms with van der Waals surface area (Å²) in [6.07, 6.45) is 0. The monoisotopic (exact) mass is 343 g/mol. The van der Waals surface area contributed by atoms with E-state index in [4.69, 9.17) is 34.8 Å². The van der Waals surface area contributed by atoms with Crippen molar-refractivity contribution in [1.82, 2.24) is 9.97 Å². The Balaban J connectivity index is 2.09. The molecular weight excluding hydrogens is 337 g/mol. The van der Waals surface area contributed by atoms with E-state index in [0.717, 1.165) is 15.8 Å². The third kappa shape index (κ3) is 2.56. The molecule has 0 aliphatic rings. The number of fused-ring (bicyclic) bond motifs is 1. The van der Waals surface area contributed by atoms with Gasteiger partial charge in [-0.15, -0.1) is 11.3 Å². The summed E-state index contributed by atoms with van der Waals surface area (Å²) in [4.78, 5) is 9.20. The van der Waals surface area contributed by atoms with E-state index in [0.29, 0.717) is 21.6 Å². The average molecular weight is 345 g/mol. The van der Waals surface area contributed by atoms with Crippen LogP contribution in [0, 0.1) is 6.92 Å². The predicted molar refractivity (Wildman–Crippen MR) is 86.9 cm³/mol. The second-order valence-electron chi connectivity index (χ2n) is 4.19. The van der Waals surface area contributed by atoms with Gasteiger partial charge in [-0.25, -0.2) is 4.98 Å². The molecule has 0 radical (unpaired) electrons. The van der Waals surface area contributed by atoms with Gasteiger partial charge in [0.05, 0.1) is 16.1 Å². The second-order valence-corrected chi connectivity index (χ2v) is 6.23. The van der Waals surface area contributed by atoms with Gasteiger partial charge in [0.2, 0.25) is 5.28 Å². The van der Waals surface area contributed by atoms with Crippen LogP contribution < -0.4 is 5.32 Å². The molecule has 0 bridgehead atoms. The Labute approximate surface area is 134 Å². The molecule has 20 heavy (non-hydrogen) atoms. The summed E-state index contributed by atoms with van der Waals surface area (Å²) in [5.41, 5.74) is 1.60. The molecule has 2 aromatic heterocycles. The van der Waals surface area contributed by atoms with E-state index < -0.39 is 0 Å². The van der Waals surface area contributed by atoms with E-state index in [1.54, 1.807) is 12.1 Å². The molecule has 0 fully saturated rings. The second kappa shape index (κ2) is 5.37. The van der Waals surface area contributed by atoms with E-state index >= 15 is 0 Å². The van der Waals surface area contributed by atoms with Crippen molar-refractivity contribution in [3.8, 4) is 0 Å². The molecule has 3 rings (SSSR count). The minimum Gasteiger partial charge on any atom is -0.338 e. The SMILES string of the molecule is Cc1cc(Cl)c(Nc2nc(Cl)nc3sccc23)cc1Cl. The first-order valence-corrected chi connectivity index (χ1v) is 7.69. The number of hydrogen-bond donors (Lipinski definition) is 1. The lowest BCUT2D eigenvalue weighted by Gasteiger charge is -2.10. The summed E-state index contributed by atoms with van der Waals surface area (Å²) in [6.45, 7) is 1.90. The fourth-order valence-electron chi connectivity index (χ4n) is 1.79. The van der Waals surface area contributed by atoms with Gasteiger partial charge in [-0.2, -0.15) is 4.98 Å². The summed E-state index contributed by atoms with van der Waals surface area (Å²) in [6, 6.07) is 5.51. The van der Waals surface area contributed by atoms with Crippen LogP contribution in [0.25, 0.3) is 10.2 Å². The van der Waals surface area contributed by atoms with Crippen LogP contribution in [0.3, 0.4) is 0 Å². The minimum absolute atomic E-state index is 0.191. The van der Waals surface area contributed by atoms with Crippen LogP contribution in [-0.4, -0.2) is 9.97 Å². The van der Waals surface area contributed by atoms with Gasteiger partial charge >= 0.3 is 0 Å². The fraction of sp³-hybridized carbons (Fsp3) is 0.0769. The molecule has 0 unspecified atom stereocenters. The summed E-state index contributed by atoms with van der Waals surface area (Å²) in [5.74, 6) is 0.614. The number of nitrogens with zero attached hydrogens (tertiary/aromatic N) is 2. The number of nitrogens with one attached hydrogen (secondary N) is 1. The third-order valence-corrected chi connectivity index (χ3v) is 4.49. The number of benzene rings is 1. The largest absolute Gasteiger partial charge is 0.338 e. The molecule has 0 aliphatic carbocycles. The van der Waals surface area contributed by atoms with Crippen LogP contribution in [0.15, 0.2) is 23.6 Å². The first kappa shape index (κ1) is 13.9. The molecule has 3 aromatic rings. The Kier molecular flexibility index (Phi) is 3.73. The minimum atomic E-state index is 0.191. The van der Waals surface area contributed by atoms with Gasteiger partial charge in [-0.05, 0) is 47.7 Å². The van der Waals surface area contributed by atoms with Gasteiger partial charge in [0.1, 0.15) is 10.6 Å². The third-order valence-electron chi connectivity index (χ3n) is 2.80. The maximum Gasteiger partial charge on any atom is 0.225 e. The Morgan fingerprint density at radius 1 is 1.10 bits per heavy atom. The van der Waals surface area contributed by atoms with Gasteiger partial charge in [-0.1, -0.05) is 23.2 Å². The standard InChI is InChI=1S/C13H8Cl3N3S/c1-6-4-9(15)10(5-8(6)14)17-11-7-2-3-20-12(7)19-13(16)18-11/h2-5H,1H3,(H,17,18,19). The molecular formula is C13H8Cl3N3S. The Morgan fingerprint density at radius 3 is 2.70 bits per heavy atom. The number of thiophene rings is 1. The zero-order chi connectivity index (χ0) is 14.3. The van der Waals surface area contributed by atoms with Gasteiger partial charge in [0.15, 0.2) is 0 Å². The first-order chi connectivity index (χ1) is 9.54. The van der Waals surface area contributed by atoms with Crippen molar-refractivity contribution in [1.29, 1.82) is 0 Å². The van der Waals surface area contributed by atoms with Gasteiger partial charge in [-0.3, -0.25) is 0 Å². The van der Waals surface area contributed by atoms with Gasteiger partial charge < -0.3 is 5.32 Å². The fourth-order valence-corrected chi connectivity index (χ4v) is 3.21. The molecule has 0 saturated heterocycles. The number of aryl methyl sites for hydroxylation is 1. The molecule has 0 atom stereocenters. The van der Waals surface area contributed by atoms with Crippen LogP contribution in [0.5, 0.6) is 0 Å². The molecule has 102 valence electrons. The highest BCUT2D eigenvalue weighted by atomic mass is 35.5. The summed E-state index contributed by atoms with van der Waals surface area (Å²) >= 11 is 19.8. The maximum atomic E-state index is 6.22. The van der Waals surface area contributed by atoms with Crippen molar-refractivity contribution < 1.29 is 0 Å². The highest BCUT2D eigenvalue weighted by Crippen LogP contribution is 2.34. The van der Waals surface area contributed by atoms with Crippen molar-refractivity contribution in [3.05, 3.63) is 44.5 Å². The number of aromatic nitrogens is 2. The van der Waals surface area contributed by atoms with Crippen molar-refractivity contribution in [2.45, 2.75) is 6.92 Å². The van der Waals surface area contributed by atoms with Crippen molar-refractivity contribution in [2.75, 3.05) is 5.32 Å². The molecule has 1 N–H and O–H groups in total. The highest BCUT2D eigenvalue weighted by Gasteiger charge is 2.11. The topological polar surface area (TPSA) is 37.8 Å². The average Bonchev–Trinajstić information content (AvgIpc) is 2.84. The Bertz CT molecular complexity index is 801. The molecule has 7 heteroatoms. The smallest absolute Gasteiger partial charge is 0.225 e. The molecule has 0 aliphatic heterocycles. The Morgan fingerprint density at radius 2 is 1.90 bits per heavy atom. The quantitative estimate of drug-likeness (QED) is 0.606. The van der Waals surface area contributed by atoms with Gasteiger partial charge in [0.25, 0.3) is 0 Å². The number of anilines is 2. The van der Waals surface area contributed by atoms with Crippen LogP contribution in [-0.2, 0) is 0 Å². The number of hydrogen-bond acceptors (Lipinski definition) is 4. The van der Waals surface area contributed by atoms with Crippen molar-refractivity contribution in [2.24, 2.45) is 0 Å². The predicted octanol–water partition coefficient (Wildman–Crippen LogP) is 5.70. The first-order valence-electron chi connectivity index (χ1n) is 5.68. The maximum absolute atomic E-state index is 6.22. The lowest BCUT2D eigenvalue weighted by molar-refractivity contribution is 1.23. The molecule has 0 spiro atoms. The van der Waals surface area contributed by atoms with E-state index in [9.17, 15) is 0 Å². The molecule has 2 heterocycles. The number of halogens is 3. The van der Waals surface area contributed by atoms with Crippen LogP contribution >= 0.6 is 46.1 Å². The summed E-state index contributed by atoms with van der Waals surface area (Å²) in [7, 11) is 0. The number of rotatable bonds is 2. The van der Waals surface area contributed by atoms with Crippen LogP contribution in [0.1, 0.15) is 5.56 Å². The van der Waals surface area contributed by atoms with E-state index in [1.807, 2.05) is 18.4 Å². The zero-order valence-electron chi connectivity index (χ0n) is 10.2. The molecule has 1 aromatic carbocycles. The molecule has 0 saturated carbocycles. The van der Waals surface area contributed by atoms with Crippen molar-refractivity contribution >= 4 is 67.9 Å². The normalized spacial score (nSPS) is 11.0. The highest BCUT2D eigenvalue weighted by molar-refractivity contribution is 7.16. The lowest BCUT2D eigenvalue weighted by Crippen LogP contribution is -1.97. The summed E-state index contributed by atoms with van der Waals surface area (Å²) < 4.78 is 0. The molecule has 3 nitrogen and oxygen atoms in total. The summed E-state index contributed by atoms with van der Waals surface area (Å²) in [5, 5.41) is 7.40. The van der Waals surface area contributed by atoms with Crippen molar-refractivity contribution in [3.63, 3.8) is 0 Å². The van der Waals surface area contributed by atoms with E-state index in [1.165, 1.54) is 11.3 Å². The molecule has 0 amide bonds. The lowest BCUT2D eigenvalue weighted by atomic mass is 10.2. The Hall–Kier alpha value is -1.07. The van der Waals surface area contributed by atoms with Crippen LogP contribution in [0.4, 0.5) is 11.5 Å². The van der Waals surface area contributed by atoms with Gasteiger partial charge in [0, 0.05) is 5.02 Å². The van der Waals surface area contributed by atoms with E-state index in [-0.39, 0.29) is 5.28 Å². The van der Waals surface area contributed by atoms with Crippen LogP contribution in [0.2, 0.25) is 15.3 Å².